The molecule has 0 fully saturated rings. The van der Waals surface area contributed by atoms with Crippen molar-refractivity contribution in [2.75, 3.05) is 0 Å². The van der Waals surface area contributed by atoms with Gasteiger partial charge in [-0.15, -0.1) is 0 Å². The molecule has 2 nitrogen and oxygen atoms in total. The Morgan fingerprint density at radius 3 is 2.41 bits per heavy atom. The second kappa shape index (κ2) is 4.96. The van der Waals surface area contributed by atoms with E-state index in [1.54, 1.807) is 6.07 Å². The van der Waals surface area contributed by atoms with Gasteiger partial charge in [-0.2, -0.15) is 18.4 Å². The molecule has 0 unspecified atom stereocenters. The molecule has 1 rings (SSSR count). The first-order chi connectivity index (χ1) is 7.77. The Hall–Kier alpha value is -1.23. The monoisotopic (exact) mass is 314 g/mol. The molecule has 1 aromatic rings. The largest absolute Gasteiger partial charge is 0.419 e. The maximum atomic E-state index is 12.5. The van der Waals surface area contributed by atoms with Crippen LogP contribution in [0.25, 0.3) is 0 Å². The first-order valence-electron chi connectivity index (χ1n) is 4.19. The number of nitriles is 1. The van der Waals surface area contributed by atoms with Crippen LogP contribution in [0.3, 0.4) is 0 Å². The molecular formula is C9H4BrF5N2. The molecule has 1 aromatic heterocycles. The minimum absolute atomic E-state index is 0.314. The summed E-state index contributed by atoms with van der Waals surface area (Å²) in [4.78, 5) is 3.34. The highest BCUT2D eigenvalue weighted by atomic mass is 79.9. The fraction of sp³-hybridized carbons (Fsp3) is 0.333. The number of hydrogen-bond donors (Lipinski definition) is 0. The van der Waals surface area contributed by atoms with Crippen LogP contribution >= 0.6 is 15.9 Å². The van der Waals surface area contributed by atoms with Crippen molar-refractivity contribution in [3.63, 3.8) is 0 Å². The van der Waals surface area contributed by atoms with Gasteiger partial charge in [0.05, 0.1) is 23.7 Å². The molecule has 0 aliphatic carbocycles. The van der Waals surface area contributed by atoms with E-state index < -0.39 is 34.8 Å². The van der Waals surface area contributed by atoms with E-state index in [1.807, 2.05) is 0 Å². The van der Waals surface area contributed by atoms with Crippen LogP contribution in [0.1, 0.15) is 23.2 Å². The lowest BCUT2D eigenvalue weighted by atomic mass is 10.1. The molecule has 1 heterocycles. The van der Waals surface area contributed by atoms with Crippen LogP contribution in [0, 0.1) is 11.3 Å². The quantitative estimate of drug-likeness (QED) is 0.614. The van der Waals surface area contributed by atoms with Gasteiger partial charge in [-0.1, -0.05) is 0 Å². The summed E-state index contributed by atoms with van der Waals surface area (Å²) in [5.74, 6) is 0. The van der Waals surface area contributed by atoms with Gasteiger partial charge in [-0.05, 0) is 22.0 Å². The topological polar surface area (TPSA) is 36.7 Å². The number of alkyl halides is 5. The van der Waals surface area contributed by atoms with Crippen LogP contribution in [0.2, 0.25) is 0 Å². The summed E-state index contributed by atoms with van der Waals surface area (Å²) in [6.07, 6.45) is -8.36. The maximum absolute atomic E-state index is 12.5. The molecule has 0 aliphatic heterocycles. The van der Waals surface area contributed by atoms with Crippen LogP contribution in [-0.2, 0) is 12.6 Å². The molecule has 0 amide bonds. The fourth-order valence-corrected chi connectivity index (χ4v) is 1.70. The number of hydrogen-bond acceptors (Lipinski definition) is 2. The third-order valence-electron chi connectivity index (χ3n) is 1.88. The van der Waals surface area contributed by atoms with Gasteiger partial charge in [0, 0.05) is 5.56 Å². The highest BCUT2D eigenvalue weighted by Crippen LogP contribution is 2.37. The van der Waals surface area contributed by atoms with Gasteiger partial charge in [-0.25, -0.2) is 13.8 Å². The van der Waals surface area contributed by atoms with E-state index >= 15 is 0 Å². The molecule has 92 valence electrons. The van der Waals surface area contributed by atoms with Crippen molar-refractivity contribution in [1.82, 2.24) is 4.98 Å². The molecule has 0 aromatic carbocycles. The summed E-state index contributed by atoms with van der Waals surface area (Å²) >= 11 is 2.55. The Balaban J connectivity index is 3.41. The zero-order valence-corrected chi connectivity index (χ0v) is 9.61. The molecule has 0 saturated carbocycles. The van der Waals surface area contributed by atoms with Crippen molar-refractivity contribution in [3.05, 3.63) is 27.5 Å². The van der Waals surface area contributed by atoms with Crippen molar-refractivity contribution < 1.29 is 22.0 Å². The molecule has 0 saturated heterocycles. The van der Waals surface area contributed by atoms with Crippen molar-refractivity contribution in [3.8, 4) is 6.07 Å². The Kier molecular flexibility index (Phi) is 4.03. The lowest BCUT2D eigenvalue weighted by molar-refractivity contribution is -0.138. The van der Waals surface area contributed by atoms with E-state index in [4.69, 9.17) is 5.26 Å². The Labute approximate surface area is 101 Å². The van der Waals surface area contributed by atoms with Crippen molar-refractivity contribution in [2.24, 2.45) is 0 Å². The van der Waals surface area contributed by atoms with Crippen LogP contribution in [0.5, 0.6) is 0 Å². The maximum Gasteiger partial charge on any atom is 0.419 e. The summed E-state index contributed by atoms with van der Waals surface area (Å²) in [7, 11) is 0. The molecule has 17 heavy (non-hydrogen) atoms. The standard InChI is InChI=1S/C9H4BrF5N2/c10-7-5(9(13,14)15)3-4(8(11)12)6(17-7)1-2-16/h3,8H,1H2. The highest BCUT2D eigenvalue weighted by Gasteiger charge is 2.35. The summed E-state index contributed by atoms with van der Waals surface area (Å²) in [5, 5.41) is 8.37. The average Bonchev–Trinajstić information content (AvgIpc) is 2.15. The van der Waals surface area contributed by atoms with Gasteiger partial charge < -0.3 is 0 Å². The Morgan fingerprint density at radius 2 is 2.00 bits per heavy atom. The number of rotatable bonds is 2. The molecule has 0 aliphatic rings. The fourth-order valence-electron chi connectivity index (χ4n) is 1.15. The number of halogens is 6. The Bertz CT molecular complexity index is 464. The molecule has 0 bridgehead atoms. The summed E-state index contributed by atoms with van der Waals surface area (Å²) in [5.41, 5.74) is -2.51. The number of pyridine rings is 1. The zero-order chi connectivity index (χ0) is 13.2. The molecule has 0 spiro atoms. The summed E-state index contributed by atoms with van der Waals surface area (Å²) in [6.45, 7) is 0. The Morgan fingerprint density at radius 1 is 1.41 bits per heavy atom. The second-order valence-electron chi connectivity index (χ2n) is 3.00. The first-order valence-corrected chi connectivity index (χ1v) is 4.98. The summed E-state index contributed by atoms with van der Waals surface area (Å²) in [6, 6.07) is 1.88. The minimum Gasteiger partial charge on any atom is -0.244 e. The van der Waals surface area contributed by atoms with E-state index in [1.165, 1.54) is 0 Å². The van der Waals surface area contributed by atoms with Gasteiger partial charge in [0.25, 0.3) is 6.43 Å². The third kappa shape index (κ3) is 3.12. The number of aromatic nitrogens is 1. The lowest BCUT2D eigenvalue weighted by Crippen LogP contribution is -2.11. The predicted molar refractivity (Wildman–Crippen MR) is 51.2 cm³/mol. The second-order valence-corrected chi connectivity index (χ2v) is 3.75. The van der Waals surface area contributed by atoms with Gasteiger partial charge in [-0.3, -0.25) is 0 Å². The molecule has 0 radical (unpaired) electrons. The summed E-state index contributed by atoms with van der Waals surface area (Å²) < 4.78 is 61.7. The van der Waals surface area contributed by atoms with E-state index in [0.717, 1.165) is 0 Å². The van der Waals surface area contributed by atoms with Crippen molar-refractivity contribution in [1.29, 1.82) is 5.26 Å². The zero-order valence-electron chi connectivity index (χ0n) is 8.02. The smallest absolute Gasteiger partial charge is 0.244 e. The number of nitrogens with zero attached hydrogens (tertiary/aromatic N) is 2. The van der Waals surface area contributed by atoms with Crippen molar-refractivity contribution in [2.45, 2.75) is 19.0 Å². The molecule has 0 atom stereocenters. The SMILES string of the molecule is N#CCc1nc(Br)c(C(F)(F)F)cc1C(F)F. The van der Waals surface area contributed by atoms with Crippen LogP contribution < -0.4 is 0 Å². The molecule has 0 N–H and O–H groups in total. The molecular weight excluding hydrogens is 311 g/mol. The van der Waals surface area contributed by atoms with Gasteiger partial charge in [0.15, 0.2) is 0 Å². The molecule has 8 heteroatoms. The highest BCUT2D eigenvalue weighted by molar-refractivity contribution is 9.10. The van der Waals surface area contributed by atoms with E-state index in [9.17, 15) is 22.0 Å². The van der Waals surface area contributed by atoms with Gasteiger partial charge in [0.1, 0.15) is 4.60 Å². The average molecular weight is 315 g/mol. The van der Waals surface area contributed by atoms with E-state index in [0.29, 0.717) is 6.07 Å². The van der Waals surface area contributed by atoms with Crippen LogP contribution in [-0.4, -0.2) is 4.98 Å². The minimum atomic E-state index is -4.78. The third-order valence-corrected chi connectivity index (χ3v) is 2.48. The predicted octanol–water partition coefficient (Wildman–Crippen LogP) is 3.87. The van der Waals surface area contributed by atoms with E-state index in [2.05, 4.69) is 20.9 Å². The van der Waals surface area contributed by atoms with E-state index in [-0.39, 0.29) is 5.69 Å². The van der Waals surface area contributed by atoms with Crippen LogP contribution in [0.15, 0.2) is 10.7 Å². The van der Waals surface area contributed by atoms with Gasteiger partial charge in [0.2, 0.25) is 0 Å². The van der Waals surface area contributed by atoms with Gasteiger partial charge >= 0.3 is 6.18 Å². The first kappa shape index (κ1) is 13.8. The lowest BCUT2D eigenvalue weighted by Gasteiger charge is -2.12. The van der Waals surface area contributed by atoms with Crippen LogP contribution in [0.4, 0.5) is 22.0 Å². The normalized spacial score (nSPS) is 11.6. The van der Waals surface area contributed by atoms with Crippen molar-refractivity contribution >= 4 is 15.9 Å².